The summed E-state index contributed by atoms with van der Waals surface area (Å²) in [7, 11) is -3.38. The van der Waals surface area contributed by atoms with Gasteiger partial charge in [-0.15, -0.1) is 0 Å². The highest BCUT2D eigenvalue weighted by Crippen LogP contribution is 2.40. The smallest absolute Gasteiger partial charge is 0.256 e. The van der Waals surface area contributed by atoms with E-state index < -0.39 is 10.0 Å². The van der Waals surface area contributed by atoms with Crippen LogP contribution in [0.4, 0.5) is 5.69 Å². The van der Waals surface area contributed by atoms with Crippen LogP contribution in [0.15, 0.2) is 26.5 Å². The first-order valence-corrected chi connectivity index (χ1v) is 7.71. The normalized spacial score (nSPS) is 17.7. The Balaban J connectivity index is 2.76. The summed E-state index contributed by atoms with van der Waals surface area (Å²) in [4.78, 5) is 0. The van der Waals surface area contributed by atoms with Gasteiger partial charge in [0.05, 0.1) is 11.1 Å². The number of halogens is 3. The minimum Gasteiger partial charge on any atom is -0.278 e. The molecule has 1 N–H and O–H groups in total. The zero-order chi connectivity index (χ0) is 11.2. The van der Waals surface area contributed by atoms with Gasteiger partial charge in [0.15, 0.2) is 0 Å². The minimum absolute atomic E-state index is 0.540. The largest absolute Gasteiger partial charge is 0.278 e. The maximum Gasteiger partial charge on any atom is 0.256 e. The fourth-order valence-corrected chi connectivity index (χ4v) is 4.71. The fourth-order valence-electron chi connectivity index (χ4n) is 1.24. The van der Waals surface area contributed by atoms with Gasteiger partial charge in [-0.05, 0) is 44.0 Å². The number of anilines is 1. The van der Waals surface area contributed by atoms with E-state index in [1.807, 2.05) is 6.07 Å². The number of sulfonamides is 1. The van der Waals surface area contributed by atoms with Crippen molar-refractivity contribution in [3.8, 4) is 0 Å². The van der Waals surface area contributed by atoms with Crippen LogP contribution in [0.25, 0.3) is 4.48 Å². The van der Waals surface area contributed by atoms with Crippen LogP contribution in [0.2, 0.25) is 0 Å². The van der Waals surface area contributed by atoms with E-state index >= 15 is 0 Å². The highest BCUT2D eigenvalue weighted by molar-refractivity contribution is 9.15. The van der Waals surface area contributed by atoms with Crippen molar-refractivity contribution < 1.29 is 8.42 Å². The molecule has 7 heteroatoms. The molecule has 0 saturated carbocycles. The van der Waals surface area contributed by atoms with Crippen molar-refractivity contribution in [3.05, 3.63) is 32.0 Å². The molecule has 1 aromatic carbocycles. The molecule has 0 spiro atoms. The van der Waals surface area contributed by atoms with Crippen molar-refractivity contribution in [1.82, 2.24) is 0 Å². The number of hydrogen-bond acceptors (Lipinski definition) is 2. The molecule has 0 atom stereocenters. The van der Waals surface area contributed by atoms with Gasteiger partial charge in [0.25, 0.3) is 10.0 Å². The molecule has 1 aliphatic rings. The predicted molar refractivity (Wildman–Crippen MR) is 71.3 cm³/mol. The maximum atomic E-state index is 11.4. The summed E-state index contributed by atoms with van der Waals surface area (Å²) in [5, 5.41) is 1.15. The highest BCUT2D eigenvalue weighted by Gasteiger charge is 2.22. The molecule has 0 amide bonds. The van der Waals surface area contributed by atoms with Crippen LogP contribution in [-0.4, -0.2) is 8.42 Å². The number of rotatable bonds is 0. The third-order valence-electron chi connectivity index (χ3n) is 1.82. The van der Waals surface area contributed by atoms with Gasteiger partial charge in [0, 0.05) is 19.0 Å². The number of benzene rings is 1. The van der Waals surface area contributed by atoms with Crippen LogP contribution >= 0.6 is 47.8 Å². The Morgan fingerprint density at radius 1 is 1.13 bits per heavy atom. The van der Waals surface area contributed by atoms with Crippen LogP contribution in [0.1, 0.15) is 5.56 Å². The molecule has 80 valence electrons. The third kappa shape index (κ3) is 2.30. The maximum absolute atomic E-state index is 11.4. The molecule has 0 saturated heterocycles. The van der Waals surface area contributed by atoms with Gasteiger partial charge in [0.1, 0.15) is 0 Å². The van der Waals surface area contributed by atoms with Crippen LogP contribution < -0.4 is 4.72 Å². The number of fused-ring (bicyclic) bond motifs is 1. The van der Waals surface area contributed by atoms with E-state index in [1.54, 1.807) is 6.07 Å². The Morgan fingerprint density at radius 3 is 2.47 bits per heavy atom. The zero-order valence-electron chi connectivity index (χ0n) is 7.09. The molecule has 3 nitrogen and oxygen atoms in total. The van der Waals surface area contributed by atoms with Gasteiger partial charge in [-0.3, -0.25) is 4.72 Å². The molecule has 0 bridgehead atoms. The molecule has 1 aromatic rings. The quantitative estimate of drug-likeness (QED) is 0.700. The molecule has 0 unspecified atom stereocenters. The first-order valence-electron chi connectivity index (χ1n) is 3.78. The van der Waals surface area contributed by atoms with Gasteiger partial charge in [0.2, 0.25) is 0 Å². The lowest BCUT2D eigenvalue weighted by molar-refractivity contribution is 0.609. The van der Waals surface area contributed by atoms with E-state index in [-0.39, 0.29) is 0 Å². The van der Waals surface area contributed by atoms with Crippen molar-refractivity contribution in [2.75, 3.05) is 4.72 Å². The Hall–Kier alpha value is 0.150. The van der Waals surface area contributed by atoms with E-state index in [4.69, 9.17) is 0 Å². The Kier molecular flexibility index (Phi) is 3.00. The summed E-state index contributed by atoms with van der Waals surface area (Å²) in [6, 6.07) is 3.62. The molecule has 1 heterocycles. The number of hydrogen-bond donors (Lipinski definition) is 1. The van der Waals surface area contributed by atoms with E-state index in [2.05, 4.69) is 52.5 Å². The van der Waals surface area contributed by atoms with Crippen molar-refractivity contribution in [2.24, 2.45) is 0 Å². The van der Waals surface area contributed by atoms with E-state index in [9.17, 15) is 8.42 Å². The fraction of sp³-hybridized carbons (Fsp3) is 0. The standard InChI is InChI=1S/C8H4Br3NO2S/c9-4-1-5-7(11)3-15(13,14)12-8(5)6(10)2-4/h1-3,12H. The van der Waals surface area contributed by atoms with Crippen molar-refractivity contribution >= 4 is 68.0 Å². The second-order valence-electron chi connectivity index (χ2n) is 2.92. The second kappa shape index (κ2) is 3.87. The summed E-state index contributed by atoms with van der Waals surface area (Å²) >= 11 is 9.88. The van der Waals surface area contributed by atoms with Crippen molar-refractivity contribution in [2.45, 2.75) is 0 Å². The number of nitrogens with one attached hydrogen (secondary N) is 1. The Labute approximate surface area is 112 Å². The second-order valence-corrected chi connectivity index (χ2v) is 7.08. The summed E-state index contributed by atoms with van der Waals surface area (Å²) < 4.78 is 27.4. The van der Waals surface area contributed by atoms with Crippen LogP contribution in [0.5, 0.6) is 0 Å². The van der Waals surface area contributed by atoms with Crippen LogP contribution in [0, 0.1) is 0 Å². The molecule has 0 radical (unpaired) electrons. The highest BCUT2D eigenvalue weighted by atomic mass is 79.9. The summed E-state index contributed by atoms with van der Waals surface area (Å²) in [6.45, 7) is 0. The summed E-state index contributed by atoms with van der Waals surface area (Å²) in [5.74, 6) is 0. The molecule has 0 fully saturated rings. The molecule has 1 aliphatic heterocycles. The molecular weight excluding hydrogens is 414 g/mol. The molecular formula is C8H4Br3NO2S. The SMILES string of the molecule is O=S1(=O)C=C(Br)c2cc(Br)cc(Br)c2N1. The van der Waals surface area contributed by atoms with Gasteiger partial charge in [-0.25, -0.2) is 8.42 Å². The first kappa shape index (κ1) is 11.6. The lowest BCUT2D eigenvalue weighted by Crippen LogP contribution is -2.14. The molecule has 15 heavy (non-hydrogen) atoms. The summed E-state index contributed by atoms with van der Waals surface area (Å²) in [5.41, 5.74) is 1.35. The van der Waals surface area contributed by atoms with E-state index in [1.165, 1.54) is 0 Å². The van der Waals surface area contributed by atoms with Crippen molar-refractivity contribution in [1.29, 1.82) is 0 Å². The topological polar surface area (TPSA) is 46.2 Å². The molecule has 0 aliphatic carbocycles. The Morgan fingerprint density at radius 2 is 1.80 bits per heavy atom. The van der Waals surface area contributed by atoms with Crippen LogP contribution in [0.3, 0.4) is 0 Å². The van der Waals surface area contributed by atoms with Gasteiger partial charge in [-0.2, -0.15) is 0 Å². The average molecular weight is 418 g/mol. The van der Waals surface area contributed by atoms with E-state index in [0.29, 0.717) is 14.6 Å². The van der Waals surface area contributed by atoms with E-state index in [0.717, 1.165) is 15.4 Å². The molecule has 0 aromatic heterocycles. The van der Waals surface area contributed by atoms with Gasteiger partial charge in [-0.1, -0.05) is 15.9 Å². The zero-order valence-corrected chi connectivity index (χ0v) is 12.7. The average Bonchev–Trinajstić information content (AvgIpc) is 2.06. The van der Waals surface area contributed by atoms with Gasteiger partial charge < -0.3 is 0 Å². The monoisotopic (exact) mass is 415 g/mol. The lowest BCUT2D eigenvalue weighted by atomic mass is 10.2. The predicted octanol–water partition coefficient (Wildman–Crippen LogP) is 3.66. The van der Waals surface area contributed by atoms with Crippen molar-refractivity contribution in [3.63, 3.8) is 0 Å². The van der Waals surface area contributed by atoms with Gasteiger partial charge >= 0.3 is 0 Å². The van der Waals surface area contributed by atoms with Crippen LogP contribution in [-0.2, 0) is 10.0 Å². The summed E-state index contributed by atoms with van der Waals surface area (Å²) in [6.07, 6.45) is 0. The molecule has 2 rings (SSSR count). The lowest BCUT2D eigenvalue weighted by Gasteiger charge is -2.17. The Bertz CT molecular complexity index is 565. The minimum atomic E-state index is -3.38. The first-order chi connectivity index (χ1) is 6.89. The third-order valence-corrected chi connectivity index (χ3v) is 4.89.